The standard InChI is InChI=1S/C23H20O5/c1-17(24)28-22-13-11-19(12-14-22)18-7-9-20(10-8-18)23(25)27-16-15-26-21-5-3-2-4-6-21/h2-14H,15-16H2,1H3. The van der Waals surface area contributed by atoms with Crippen molar-refractivity contribution in [2.75, 3.05) is 13.2 Å². The second-order valence-electron chi connectivity index (χ2n) is 5.99. The summed E-state index contributed by atoms with van der Waals surface area (Å²) in [6.45, 7) is 1.83. The zero-order chi connectivity index (χ0) is 19.8. The topological polar surface area (TPSA) is 61.8 Å². The van der Waals surface area contributed by atoms with E-state index in [4.69, 9.17) is 14.2 Å². The van der Waals surface area contributed by atoms with Crippen molar-refractivity contribution in [3.05, 3.63) is 84.4 Å². The van der Waals surface area contributed by atoms with Gasteiger partial charge in [0.05, 0.1) is 5.56 Å². The molecule has 0 aliphatic heterocycles. The lowest BCUT2D eigenvalue weighted by atomic mass is 10.0. The predicted molar refractivity (Wildman–Crippen MR) is 105 cm³/mol. The highest BCUT2D eigenvalue weighted by Gasteiger charge is 2.08. The molecule has 5 nitrogen and oxygen atoms in total. The number of hydrogen-bond acceptors (Lipinski definition) is 5. The van der Waals surface area contributed by atoms with Crippen LogP contribution < -0.4 is 9.47 Å². The van der Waals surface area contributed by atoms with Gasteiger partial charge in [0.25, 0.3) is 0 Å². The molecule has 0 amide bonds. The second kappa shape index (κ2) is 9.37. The van der Waals surface area contributed by atoms with Gasteiger partial charge in [0.15, 0.2) is 0 Å². The molecule has 0 heterocycles. The largest absolute Gasteiger partial charge is 0.490 e. The van der Waals surface area contributed by atoms with Gasteiger partial charge in [0.1, 0.15) is 24.7 Å². The third-order valence-corrected chi connectivity index (χ3v) is 3.90. The Bertz CT molecular complexity index is 915. The Labute approximate surface area is 163 Å². The lowest BCUT2D eigenvalue weighted by molar-refractivity contribution is -0.131. The molecule has 0 radical (unpaired) electrons. The molecule has 28 heavy (non-hydrogen) atoms. The summed E-state index contributed by atoms with van der Waals surface area (Å²) in [5.41, 5.74) is 2.37. The molecule has 3 rings (SSSR count). The summed E-state index contributed by atoms with van der Waals surface area (Å²) >= 11 is 0. The normalized spacial score (nSPS) is 10.2. The highest BCUT2D eigenvalue weighted by molar-refractivity contribution is 5.90. The van der Waals surface area contributed by atoms with Crippen LogP contribution >= 0.6 is 0 Å². The van der Waals surface area contributed by atoms with Crippen LogP contribution in [0, 0.1) is 0 Å². The fourth-order valence-electron chi connectivity index (χ4n) is 2.57. The molecule has 3 aromatic carbocycles. The molecule has 3 aromatic rings. The Hall–Kier alpha value is -3.60. The molecule has 0 aromatic heterocycles. The summed E-state index contributed by atoms with van der Waals surface area (Å²) in [6, 6.07) is 23.7. The molecule has 0 spiro atoms. The number of benzene rings is 3. The van der Waals surface area contributed by atoms with E-state index in [0.29, 0.717) is 17.9 Å². The highest BCUT2D eigenvalue weighted by atomic mass is 16.6. The number of esters is 2. The fourth-order valence-corrected chi connectivity index (χ4v) is 2.57. The smallest absolute Gasteiger partial charge is 0.338 e. The van der Waals surface area contributed by atoms with E-state index in [1.54, 1.807) is 24.3 Å². The maximum absolute atomic E-state index is 12.1. The number of ether oxygens (including phenoxy) is 3. The van der Waals surface area contributed by atoms with Crippen LogP contribution in [0.15, 0.2) is 78.9 Å². The molecular weight excluding hydrogens is 356 g/mol. The molecule has 0 unspecified atom stereocenters. The molecule has 5 heteroatoms. The fraction of sp³-hybridized carbons (Fsp3) is 0.130. The van der Waals surface area contributed by atoms with Crippen LogP contribution in [0.1, 0.15) is 17.3 Å². The molecule has 0 fully saturated rings. The Morgan fingerprint density at radius 1 is 0.714 bits per heavy atom. The van der Waals surface area contributed by atoms with Gasteiger partial charge in [-0.25, -0.2) is 4.79 Å². The zero-order valence-corrected chi connectivity index (χ0v) is 15.5. The lowest BCUT2D eigenvalue weighted by Crippen LogP contribution is -2.12. The van der Waals surface area contributed by atoms with Gasteiger partial charge in [-0.3, -0.25) is 4.79 Å². The zero-order valence-electron chi connectivity index (χ0n) is 15.5. The molecule has 0 saturated heterocycles. The van der Waals surface area contributed by atoms with Crippen LogP contribution in [0.25, 0.3) is 11.1 Å². The van der Waals surface area contributed by atoms with Gasteiger partial charge in [0.2, 0.25) is 0 Å². The molecule has 142 valence electrons. The highest BCUT2D eigenvalue weighted by Crippen LogP contribution is 2.23. The van der Waals surface area contributed by atoms with Gasteiger partial charge in [-0.05, 0) is 47.5 Å². The van der Waals surface area contributed by atoms with Gasteiger partial charge in [0, 0.05) is 6.92 Å². The minimum Gasteiger partial charge on any atom is -0.490 e. The van der Waals surface area contributed by atoms with Gasteiger partial charge >= 0.3 is 11.9 Å². The summed E-state index contributed by atoms with van der Waals surface area (Å²) in [5, 5.41) is 0. The van der Waals surface area contributed by atoms with E-state index in [-0.39, 0.29) is 12.6 Å². The van der Waals surface area contributed by atoms with Gasteiger partial charge in [-0.1, -0.05) is 42.5 Å². The molecule has 0 bridgehead atoms. The van der Waals surface area contributed by atoms with Crippen LogP contribution in [-0.4, -0.2) is 25.2 Å². The second-order valence-corrected chi connectivity index (χ2v) is 5.99. The van der Waals surface area contributed by atoms with Crippen molar-refractivity contribution in [3.8, 4) is 22.6 Å². The van der Waals surface area contributed by atoms with E-state index in [9.17, 15) is 9.59 Å². The summed E-state index contributed by atoms with van der Waals surface area (Å²) in [5.74, 6) is 0.481. The number of hydrogen-bond donors (Lipinski definition) is 0. The quantitative estimate of drug-likeness (QED) is 0.345. The van der Waals surface area contributed by atoms with Gasteiger partial charge < -0.3 is 14.2 Å². The first-order valence-electron chi connectivity index (χ1n) is 8.86. The number of carbonyl (C=O) groups is 2. The molecule has 0 aliphatic rings. The first kappa shape index (κ1) is 19.2. The van der Waals surface area contributed by atoms with E-state index in [2.05, 4.69) is 0 Å². The lowest BCUT2D eigenvalue weighted by Gasteiger charge is -2.08. The average molecular weight is 376 g/mol. The SMILES string of the molecule is CC(=O)Oc1ccc(-c2ccc(C(=O)OCCOc3ccccc3)cc2)cc1. The van der Waals surface area contributed by atoms with Crippen molar-refractivity contribution in [3.63, 3.8) is 0 Å². The van der Waals surface area contributed by atoms with Crippen LogP contribution in [0.4, 0.5) is 0 Å². The van der Waals surface area contributed by atoms with Crippen molar-refractivity contribution < 1.29 is 23.8 Å². The van der Waals surface area contributed by atoms with E-state index >= 15 is 0 Å². The maximum atomic E-state index is 12.1. The Balaban J connectivity index is 1.51. The van der Waals surface area contributed by atoms with Crippen molar-refractivity contribution >= 4 is 11.9 Å². The Kier molecular flexibility index (Phi) is 6.41. The molecular formula is C23H20O5. The van der Waals surface area contributed by atoms with E-state index < -0.39 is 5.97 Å². The summed E-state index contributed by atoms with van der Waals surface area (Å²) in [6.07, 6.45) is 0. The summed E-state index contributed by atoms with van der Waals surface area (Å²) in [4.78, 5) is 23.1. The monoisotopic (exact) mass is 376 g/mol. The number of rotatable bonds is 7. The maximum Gasteiger partial charge on any atom is 0.338 e. The molecule has 0 N–H and O–H groups in total. The average Bonchev–Trinajstić information content (AvgIpc) is 2.72. The van der Waals surface area contributed by atoms with Crippen LogP contribution in [-0.2, 0) is 9.53 Å². The Morgan fingerprint density at radius 3 is 1.93 bits per heavy atom. The van der Waals surface area contributed by atoms with Gasteiger partial charge in [-0.15, -0.1) is 0 Å². The van der Waals surface area contributed by atoms with Crippen LogP contribution in [0.5, 0.6) is 11.5 Å². The third kappa shape index (κ3) is 5.45. The van der Waals surface area contributed by atoms with Gasteiger partial charge in [-0.2, -0.15) is 0 Å². The summed E-state index contributed by atoms with van der Waals surface area (Å²) < 4.78 is 15.8. The first-order chi connectivity index (χ1) is 13.6. The number of carbonyl (C=O) groups excluding carboxylic acids is 2. The van der Waals surface area contributed by atoms with E-state index in [1.807, 2.05) is 54.6 Å². The minimum atomic E-state index is -0.395. The van der Waals surface area contributed by atoms with Crippen molar-refractivity contribution in [2.45, 2.75) is 6.92 Å². The Morgan fingerprint density at radius 2 is 1.32 bits per heavy atom. The number of para-hydroxylation sites is 1. The van der Waals surface area contributed by atoms with E-state index in [0.717, 1.165) is 16.9 Å². The van der Waals surface area contributed by atoms with Crippen molar-refractivity contribution in [1.82, 2.24) is 0 Å². The molecule has 0 atom stereocenters. The van der Waals surface area contributed by atoms with Crippen molar-refractivity contribution in [2.24, 2.45) is 0 Å². The van der Waals surface area contributed by atoms with E-state index in [1.165, 1.54) is 6.92 Å². The molecule has 0 aliphatic carbocycles. The van der Waals surface area contributed by atoms with Crippen molar-refractivity contribution in [1.29, 1.82) is 0 Å². The third-order valence-electron chi connectivity index (χ3n) is 3.90. The first-order valence-corrected chi connectivity index (χ1v) is 8.86. The molecule has 0 saturated carbocycles. The summed E-state index contributed by atoms with van der Waals surface area (Å²) in [7, 11) is 0. The van der Waals surface area contributed by atoms with Crippen LogP contribution in [0.2, 0.25) is 0 Å². The minimum absolute atomic E-state index is 0.174. The predicted octanol–water partition coefficient (Wildman–Crippen LogP) is 4.51. The van der Waals surface area contributed by atoms with Crippen LogP contribution in [0.3, 0.4) is 0 Å².